The molecule has 2 aliphatic rings. The third-order valence-electron chi connectivity index (χ3n) is 12.0. The molecule has 2 saturated heterocycles. The average Bonchev–Trinajstić information content (AvgIpc) is 2.61. The lowest BCUT2D eigenvalue weighted by molar-refractivity contribution is 0.549. The summed E-state index contributed by atoms with van der Waals surface area (Å²) >= 11 is 0. The van der Waals surface area contributed by atoms with Crippen molar-refractivity contribution >= 4 is 58.3 Å². The average molecular weight is 597 g/mol. The van der Waals surface area contributed by atoms with Crippen LogP contribution in [0.3, 0.4) is 0 Å². The van der Waals surface area contributed by atoms with Crippen LogP contribution in [0.5, 0.6) is 0 Å². The van der Waals surface area contributed by atoms with Crippen LogP contribution in [0, 0.1) is 20.8 Å². The minimum atomic E-state index is -2.10. The maximum Gasteiger partial charge on any atom is 0.157 e. The lowest BCUT2D eigenvalue weighted by Gasteiger charge is -2.73. The van der Waals surface area contributed by atoms with Crippen molar-refractivity contribution in [1.29, 1.82) is 0 Å². The van der Waals surface area contributed by atoms with Gasteiger partial charge in [0.05, 0.1) is 21.8 Å². The number of benzene rings is 1. The molecule has 9 heteroatoms. The molecule has 0 aliphatic carbocycles. The molecule has 1 aromatic rings. The van der Waals surface area contributed by atoms with E-state index in [4.69, 9.17) is 4.12 Å². The minimum absolute atomic E-state index is 0.389. The fourth-order valence-electron chi connectivity index (χ4n) is 11.8. The summed E-state index contributed by atoms with van der Waals surface area (Å²) < 4.78 is 8.76. The molecule has 0 radical (unpaired) electrons. The molecule has 3 unspecified atom stereocenters. The van der Waals surface area contributed by atoms with Gasteiger partial charge in [0, 0.05) is 21.3 Å². The van der Waals surface area contributed by atoms with Gasteiger partial charge in [-0.15, -0.1) is 0 Å². The Morgan fingerprint density at radius 3 is 1.41 bits per heavy atom. The smallest absolute Gasteiger partial charge is 0.157 e. The molecule has 0 amide bonds. The highest BCUT2D eigenvalue weighted by Crippen LogP contribution is 2.70. The van der Waals surface area contributed by atoms with E-state index in [0.717, 1.165) is 0 Å². The van der Waals surface area contributed by atoms with Crippen LogP contribution >= 0.6 is 0 Å². The molecule has 34 heavy (non-hydrogen) atoms. The summed E-state index contributed by atoms with van der Waals surface area (Å²) in [6.07, 6.45) is 0. The fraction of sp³-hybridized carbons (Fsp3) is 0.760. The van der Waals surface area contributed by atoms with Gasteiger partial charge in [-0.2, -0.15) is 0 Å². The molecule has 0 saturated carbocycles. The number of aryl methyl sites for hydroxylation is 3. The first kappa shape index (κ1) is 29.5. The van der Waals surface area contributed by atoms with Crippen LogP contribution in [-0.4, -0.2) is 58.3 Å². The topological polar surface area (TPSA) is 9.23 Å². The number of hydrogen-bond donors (Lipinski definition) is 0. The minimum Gasteiger partial charge on any atom is -0.462 e. The van der Waals surface area contributed by atoms with Gasteiger partial charge in [0.15, 0.2) is 15.2 Å². The second kappa shape index (κ2) is 7.52. The second-order valence-electron chi connectivity index (χ2n) is 16.3. The number of rotatable bonds is 3. The Morgan fingerprint density at radius 1 is 0.647 bits per heavy atom. The Bertz CT molecular complexity index is 1010. The van der Waals surface area contributed by atoms with E-state index < -0.39 is 58.3 Å². The van der Waals surface area contributed by atoms with Gasteiger partial charge in [0.1, 0.15) is 0 Å². The van der Waals surface area contributed by atoms with E-state index in [1.165, 1.54) is 5.56 Å². The molecule has 3 rings (SSSR count). The van der Waals surface area contributed by atoms with Crippen molar-refractivity contribution in [3.05, 3.63) is 34.4 Å². The third-order valence-corrected chi connectivity index (χ3v) is 187. The first-order valence-corrected chi connectivity index (χ1v) is 43.4. The standard InChI is InChI=1S/C25H56OSi8/c1-21-19-22(2)24(23(3)20-21)25(4)33(27(5,6)7)26-29(11,12)30(13,14)34(25,28(8,9)10)32(17,18)31(33,15)16/h19-20H,1-18H3. The predicted octanol–water partition coefficient (Wildman–Crippen LogP) is 7.94. The molecule has 2 aliphatic heterocycles. The van der Waals surface area contributed by atoms with Crippen molar-refractivity contribution in [2.75, 3.05) is 0 Å². The summed E-state index contributed by atoms with van der Waals surface area (Å²) in [5.41, 5.74) is 6.50. The van der Waals surface area contributed by atoms with E-state index in [-0.39, 0.29) is 0 Å². The summed E-state index contributed by atoms with van der Waals surface area (Å²) in [4.78, 5) is 0. The number of fused-ring (bicyclic) bond motifs is 2. The van der Waals surface area contributed by atoms with E-state index in [1.54, 1.807) is 11.1 Å². The Balaban J connectivity index is 2.84. The summed E-state index contributed by atoms with van der Waals surface area (Å²) in [5.74, 6) is 0. The Labute approximate surface area is 219 Å². The van der Waals surface area contributed by atoms with Gasteiger partial charge in [0.25, 0.3) is 0 Å². The van der Waals surface area contributed by atoms with Crippen molar-refractivity contribution in [2.24, 2.45) is 0 Å². The summed E-state index contributed by atoms with van der Waals surface area (Å²) in [5, 5.41) is 0. The van der Waals surface area contributed by atoms with E-state index in [0.29, 0.717) is 4.66 Å². The normalized spacial score (nSPS) is 35.9. The molecule has 2 bridgehead atoms. The van der Waals surface area contributed by atoms with Crippen LogP contribution < -0.4 is 0 Å². The molecular formula is C25H56OSi8. The molecule has 0 aromatic heterocycles. The molecule has 194 valence electrons. The zero-order chi connectivity index (χ0) is 26.9. The van der Waals surface area contributed by atoms with Crippen molar-refractivity contribution in [1.82, 2.24) is 0 Å². The van der Waals surface area contributed by atoms with Gasteiger partial charge >= 0.3 is 0 Å². The van der Waals surface area contributed by atoms with E-state index in [9.17, 15) is 0 Å². The zero-order valence-electron chi connectivity index (χ0n) is 26.1. The Hall–Kier alpha value is 0.915. The highest BCUT2D eigenvalue weighted by atomic mass is 30.2. The second-order valence-corrected chi connectivity index (χ2v) is 101. The molecular weight excluding hydrogens is 541 g/mol. The quantitative estimate of drug-likeness (QED) is 0.322. The highest BCUT2D eigenvalue weighted by Gasteiger charge is 2.95. The summed E-state index contributed by atoms with van der Waals surface area (Å²) in [6, 6.07) is 5.08. The fourth-order valence-corrected chi connectivity index (χ4v) is 351. The lowest BCUT2D eigenvalue weighted by Crippen LogP contribution is -2.99. The van der Waals surface area contributed by atoms with Crippen LogP contribution in [-0.2, 0) is 8.78 Å². The van der Waals surface area contributed by atoms with Gasteiger partial charge in [-0.3, -0.25) is 0 Å². The summed E-state index contributed by atoms with van der Waals surface area (Å²) in [7, 11) is -11.9. The van der Waals surface area contributed by atoms with Crippen LogP contribution in [0.2, 0.25) is 91.7 Å². The van der Waals surface area contributed by atoms with Gasteiger partial charge in [-0.05, 0) is 55.2 Å². The number of hydrogen-bond acceptors (Lipinski definition) is 1. The maximum atomic E-state index is 8.37. The maximum absolute atomic E-state index is 8.37. The van der Waals surface area contributed by atoms with Gasteiger partial charge in [-0.25, -0.2) is 0 Å². The van der Waals surface area contributed by atoms with Crippen LogP contribution in [0.4, 0.5) is 0 Å². The molecule has 0 N–H and O–H groups in total. The largest absolute Gasteiger partial charge is 0.462 e. The van der Waals surface area contributed by atoms with Gasteiger partial charge in [0.2, 0.25) is 0 Å². The van der Waals surface area contributed by atoms with E-state index in [2.05, 4.69) is 131 Å². The van der Waals surface area contributed by atoms with Crippen LogP contribution in [0.1, 0.15) is 29.2 Å². The zero-order valence-corrected chi connectivity index (χ0v) is 34.1. The first-order chi connectivity index (χ1) is 14.8. The molecule has 1 nitrogen and oxygen atoms in total. The van der Waals surface area contributed by atoms with Crippen LogP contribution in [0.25, 0.3) is 0 Å². The third kappa shape index (κ3) is 2.78. The lowest BCUT2D eigenvalue weighted by atomic mass is 9.97. The molecule has 3 atom stereocenters. The highest BCUT2D eigenvalue weighted by molar-refractivity contribution is 8.17. The van der Waals surface area contributed by atoms with Crippen molar-refractivity contribution in [3.63, 3.8) is 0 Å². The first-order valence-electron chi connectivity index (χ1n) is 13.6. The Morgan fingerprint density at radius 2 is 1.06 bits per heavy atom. The van der Waals surface area contributed by atoms with Gasteiger partial charge < -0.3 is 4.12 Å². The molecule has 0 spiro atoms. The molecule has 2 heterocycles. The van der Waals surface area contributed by atoms with Crippen molar-refractivity contribution in [2.45, 2.75) is 124 Å². The van der Waals surface area contributed by atoms with E-state index in [1.807, 2.05) is 5.56 Å². The molecule has 1 aromatic carbocycles. The Kier molecular flexibility index (Phi) is 6.52. The predicted molar refractivity (Wildman–Crippen MR) is 177 cm³/mol. The SMILES string of the molecule is Cc1cc(C)c(C2(C)[Si]3([Si](C)(C)C)O[Si](C)(C)[Si](C)(C)[Si]2([Si](C)(C)C)[Si](C)(C)[Si]3(C)C)c(C)c1. The van der Waals surface area contributed by atoms with Crippen molar-refractivity contribution < 1.29 is 4.12 Å². The van der Waals surface area contributed by atoms with Crippen LogP contribution in [0.15, 0.2) is 12.1 Å². The summed E-state index contributed by atoms with van der Waals surface area (Å²) in [6.45, 7) is 48.5. The molecule has 2 fully saturated rings. The monoisotopic (exact) mass is 596 g/mol. The van der Waals surface area contributed by atoms with Gasteiger partial charge in [-0.1, -0.05) is 103 Å². The van der Waals surface area contributed by atoms with E-state index >= 15 is 0 Å². The van der Waals surface area contributed by atoms with Crippen molar-refractivity contribution in [3.8, 4) is 0 Å².